The molecule has 0 spiro atoms. The number of ether oxygens (including phenoxy) is 2. The molecule has 11 heteroatoms. The van der Waals surface area contributed by atoms with E-state index >= 15 is 0 Å². The van der Waals surface area contributed by atoms with Gasteiger partial charge in [-0.1, -0.05) is 32.5 Å². The van der Waals surface area contributed by atoms with Crippen LogP contribution < -0.4 is 0 Å². The predicted molar refractivity (Wildman–Crippen MR) is 120 cm³/mol. The van der Waals surface area contributed by atoms with Crippen molar-refractivity contribution in [3.05, 3.63) is 9.93 Å². The summed E-state index contributed by atoms with van der Waals surface area (Å²) >= 11 is 2.79. The lowest BCUT2D eigenvalue weighted by Gasteiger charge is -2.43. The van der Waals surface area contributed by atoms with Crippen LogP contribution in [0.15, 0.2) is 9.93 Å². The average Bonchev–Trinajstić information content (AvgIpc) is 3.22. The van der Waals surface area contributed by atoms with Crippen molar-refractivity contribution in [3.63, 3.8) is 0 Å². The number of thioether (sulfide) groups is 2. The van der Waals surface area contributed by atoms with Crippen LogP contribution in [0.3, 0.4) is 0 Å². The van der Waals surface area contributed by atoms with E-state index in [-0.39, 0.29) is 34.1 Å². The van der Waals surface area contributed by atoms with Crippen LogP contribution in [0, 0.1) is 17.8 Å². The van der Waals surface area contributed by atoms with Gasteiger partial charge < -0.3 is 14.6 Å². The Morgan fingerprint density at radius 2 is 2.03 bits per heavy atom. The lowest BCUT2D eigenvalue weighted by atomic mass is 9.92. The molecule has 3 aliphatic rings. The average molecular weight is 492 g/mol. The molecule has 2 fully saturated rings. The molecular weight excluding hydrogens is 462 g/mol. The van der Waals surface area contributed by atoms with Gasteiger partial charge in [0.05, 0.1) is 22.2 Å². The van der Waals surface area contributed by atoms with Crippen molar-refractivity contribution in [2.45, 2.75) is 57.3 Å². The number of hydrogen-bond acceptors (Lipinski definition) is 9. The molecular formula is C20H29NO7S3. The largest absolute Gasteiger partial charge is 0.428 e. The maximum absolute atomic E-state index is 12.8. The van der Waals surface area contributed by atoms with Crippen LogP contribution >= 0.6 is 23.5 Å². The summed E-state index contributed by atoms with van der Waals surface area (Å²) in [5.41, 5.74) is 0.131. The molecule has 0 aromatic heterocycles. The summed E-state index contributed by atoms with van der Waals surface area (Å²) in [6.07, 6.45) is 0.568. The summed E-state index contributed by atoms with van der Waals surface area (Å²) in [5, 5.41) is 9.68. The van der Waals surface area contributed by atoms with Crippen LogP contribution in [0.2, 0.25) is 0 Å². The molecule has 6 atom stereocenters. The zero-order chi connectivity index (χ0) is 22.9. The Balaban J connectivity index is 1.68. The fraction of sp³-hybridized carbons (Fsp3) is 0.750. The van der Waals surface area contributed by atoms with Crippen molar-refractivity contribution >= 4 is 52.2 Å². The number of carbonyl (C=O) groups is 3. The number of nitrogens with zero attached hydrogens (tertiary/aromatic N) is 1. The number of aliphatic hydroxyl groups is 1. The molecule has 0 saturated carbocycles. The molecule has 0 aromatic carbocycles. The number of aliphatic hydroxyl groups excluding tert-OH is 1. The van der Waals surface area contributed by atoms with Gasteiger partial charge >= 0.3 is 11.9 Å². The lowest BCUT2D eigenvalue weighted by molar-refractivity contribution is -0.172. The number of carbonyl (C=O) groups excluding carboxylic acids is 3. The van der Waals surface area contributed by atoms with Gasteiger partial charge in [0.15, 0.2) is 5.70 Å². The van der Waals surface area contributed by atoms with Crippen molar-refractivity contribution in [1.29, 1.82) is 0 Å². The third-order valence-corrected chi connectivity index (χ3v) is 10.3. The molecule has 0 radical (unpaired) electrons. The molecule has 1 unspecified atom stereocenters. The summed E-state index contributed by atoms with van der Waals surface area (Å²) in [7, 11) is -0.865. The standard InChI is InChI=1S/C20H29NO7S3/c1-5-13(10(2)3)18(24)27-9-28-19(25)15-20(29-12-6-7-31(26)8-12)30-17-14(11(4)22)16(23)21(15)17/h10-14,17,22H,5-9H2,1-4H3/t11-,12+,13?,14+,17-,31+/m1/s1. The molecule has 3 rings (SSSR count). The maximum Gasteiger partial charge on any atom is 0.359 e. The Hall–Kier alpha value is -1.04. The monoisotopic (exact) mass is 491 g/mol. The van der Waals surface area contributed by atoms with E-state index in [1.54, 1.807) is 6.92 Å². The van der Waals surface area contributed by atoms with E-state index in [9.17, 15) is 23.7 Å². The van der Waals surface area contributed by atoms with E-state index in [4.69, 9.17) is 9.47 Å². The van der Waals surface area contributed by atoms with Crippen LogP contribution in [0.1, 0.15) is 40.5 Å². The smallest absolute Gasteiger partial charge is 0.359 e. The predicted octanol–water partition coefficient (Wildman–Crippen LogP) is 2.05. The topological polar surface area (TPSA) is 110 Å². The molecule has 174 valence electrons. The lowest BCUT2D eigenvalue weighted by Crippen LogP contribution is -2.60. The number of fused-ring (bicyclic) bond motifs is 1. The normalized spacial score (nSPS) is 29.6. The van der Waals surface area contributed by atoms with Crippen LogP contribution in [-0.2, 0) is 34.7 Å². The van der Waals surface area contributed by atoms with Gasteiger partial charge in [-0.15, -0.1) is 11.8 Å². The number of β-lactam (4-membered cyclic amide) rings is 1. The number of rotatable bonds is 9. The molecule has 2 saturated heterocycles. The van der Waals surface area contributed by atoms with Crippen molar-refractivity contribution in [3.8, 4) is 0 Å². The second kappa shape index (κ2) is 10.3. The van der Waals surface area contributed by atoms with Gasteiger partial charge in [-0.05, 0) is 25.7 Å². The first-order valence-corrected chi connectivity index (χ1v) is 13.7. The second-order valence-electron chi connectivity index (χ2n) is 8.23. The summed E-state index contributed by atoms with van der Waals surface area (Å²) in [5.74, 6) is -1.07. The molecule has 31 heavy (non-hydrogen) atoms. The molecule has 1 amide bonds. The molecule has 3 aliphatic heterocycles. The zero-order valence-electron chi connectivity index (χ0n) is 18.1. The van der Waals surface area contributed by atoms with Crippen molar-refractivity contribution in [1.82, 2.24) is 4.90 Å². The highest BCUT2D eigenvalue weighted by Gasteiger charge is 2.58. The number of hydrogen-bond donors (Lipinski definition) is 1. The maximum atomic E-state index is 12.8. The van der Waals surface area contributed by atoms with Crippen LogP contribution in [-0.4, -0.2) is 67.1 Å². The minimum absolute atomic E-state index is 0.0964. The fourth-order valence-corrected chi connectivity index (χ4v) is 9.18. The first kappa shape index (κ1) is 24.6. The molecule has 0 aliphatic carbocycles. The van der Waals surface area contributed by atoms with Crippen molar-refractivity contribution in [2.24, 2.45) is 17.8 Å². The van der Waals surface area contributed by atoms with Gasteiger partial charge in [-0.2, -0.15) is 0 Å². The molecule has 0 aromatic rings. The molecule has 3 heterocycles. The number of esters is 2. The fourth-order valence-electron chi connectivity index (χ4n) is 3.93. The minimum atomic E-state index is -0.865. The Bertz CT molecular complexity index is 798. The van der Waals surface area contributed by atoms with E-state index in [1.165, 1.54) is 28.4 Å². The first-order chi connectivity index (χ1) is 14.6. The van der Waals surface area contributed by atoms with Crippen molar-refractivity contribution in [2.75, 3.05) is 18.3 Å². The quantitative estimate of drug-likeness (QED) is 0.294. The SMILES string of the molecule is CCC(C(=O)OCOC(=O)C1=C(S[C@H]2CC[S@](=O)C2)S[C@@H]2[C@@H]([C@@H](C)O)C(=O)N12)C(C)C. The molecule has 8 nitrogen and oxygen atoms in total. The summed E-state index contributed by atoms with van der Waals surface area (Å²) in [6, 6.07) is 0. The summed E-state index contributed by atoms with van der Waals surface area (Å²) < 4.78 is 22.7. The summed E-state index contributed by atoms with van der Waals surface area (Å²) in [6.45, 7) is 6.78. The van der Waals surface area contributed by atoms with Gasteiger partial charge in [0.25, 0.3) is 0 Å². The Morgan fingerprint density at radius 3 is 2.58 bits per heavy atom. The third kappa shape index (κ3) is 5.15. The van der Waals surface area contributed by atoms with Crippen LogP contribution in [0.25, 0.3) is 0 Å². The Kier molecular flexibility index (Phi) is 8.15. The Labute approximate surface area is 193 Å². The van der Waals surface area contributed by atoms with E-state index in [0.717, 1.165) is 6.42 Å². The third-order valence-electron chi connectivity index (χ3n) is 5.71. The van der Waals surface area contributed by atoms with Gasteiger partial charge in [-0.25, -0.2) is 4.79 Å². The number of amides is 1. The van der Waals surface area contributed by atoms with Gasteiger partial charge in [0, 0.05) is 27.6 Å². The first-order valence-electron chi connectivity index (χ1n) is 10.4. The highest BCUT2D eigenvalue weighted by molar-refractivity contribution is 8.23. The van der Waals surface area contributed by atoms with Gasteiger partial charge in [0.2, 0.25) is 12.7 Å². The Morgan fingerprint density at radius 1 is 1.32 bits per heavy atom. The second-order valence-corrected chi connectivity index (χ2v) is 12.5. The van der Waals surface area contributed by atoms with E-state index in [1.807, 2.05) is 20.8 Å². The van der Waals surface area contributed by atoms with Gasteiger partial charge in [0.1, 0.15) is 5.37 Å². The molecule has 1 N–H and O–H groups in total. The van der Waals surface area contributed by atoms with Gasteiger partial charge in [-0.3, -0.25) is 18.7 Å². The summed E-state index contributed by atoms with van der Waals surface area (Å²) in [4.78, 5) is 39.0. The van der Waals surface area contributed by atoms with Crippen molar-refractivity contribution < 1.29 is 33.2 Å². The van der Waals surface area contributed by atoms with Crippen LogP contribution in [0.5, 0.6) is 0 Å². The van der Waals surface area contributed by atoms with E-state index in [0.29, 0.717) is 22.2 Å². The zero-order valence-corrected chi connectivity index (χ0v) is 20.5. The highest BCUT2D eigenvalue weighted by atomic mass is 32.2. The van der Waals surface area contributed by atoms with Crippen LogP contribution in [0.4, 0.5) is 0 Å². The van der Waals surface area contributed by atoms with E-state index in [2.05, 4.69) is 0 Å². The minimum Gasteiger partial charge on any atom is -0.428 e. The molecule has 0 bridgehead atoms. The highest BCUT2D eigenvalue weighted by Crippen LogP contribution is 2.55. The van der Waals surface area contributed by atoms with E-state index < -0.39 is 41.6 Å².